The molecular formula is C24H46Si2. The lowest BCUT2D eigenvalue weighted by Gasteiger charge is -2.41. The summed E-state index contributed by atoms with van der Waals surface area (Å²) in [5.41, 5.74) is 2.49. The molecule has 4 saturated carbocycles. The highest BCUT2D eigenvalue weighted by molar-refractivity contribution is 7.22. The lowest BCUT2D eigenvalue weighted by molar-refractivity contribution is 0.156. The van der Waals surface area contributed by atoms with Crippen LogP contribution in [0.25, 0.3) is 0 Å². The quantitative estimate of drug-likeness (QED) is 0.429. The van der Waals surface area contributed by atoms with Crippen LogP contribution in [-0.4, -0.2) is 16.6 Å². The zero-order valence-electron chi connectivity index (χ0n) is 18.3. The molecule has 0 aromatic carbocycles. The average Bonchev–Trinajstić information content (AvgIpc) is 3.34. The molecule has 0 bridgehead atoms. The van der Waals surface area contributed by atoms with Crippen molar-refractivity contribution in [2.45, 2.75) is 115 Å². The fraction of sp³-hybridized carbons (Fsp3) is 1.00. The molecule has 0 saturated heterocycles. The lowest BCUT2D eigenvalue weighted by Crippen LogP contribution is -2.42. The Morgan fingerprint density at radius 2 is 1.58 bits per heavy atom. The molecule has 4 aliphatic rings. The van der Waals surface area contributed by atoms with Crippen molar-refractivity contribution < 1.29 is 0 Å². The Kier molecular flexibility index (Phi) is 6.40. The number of fused-ring (bicyclic) bond motifs is 2. The van der Waals surface area contributed by atoms with Crippen LogP contribution in [0.5, 0.6) is 0 Å². The van der Waals surface area contributed by atoms with Crippen molar-refractivity contribution in [3.05, 3.63) is 0 Å². The predicted octanol–water partition coefficient (Wildman–Crippen LogP) is 6.99. The molecule has 150 valence electrons. The van der Waals surface area contributed by atoms with E-state index in [4.69, 9.17) is 0 Å². The first-order valence-corrected chi connectivity index (χ1v) is 18.9. The van der Waals surface area contributed by atoms with Crippen molar-refractivity contribution in [1.82, 2.24) is 0 Å². The van der Waals surface area contributed by atoms with Crippen molar-refractivity contribution in [2.24, 2.45) is 35.5 Å². The highest BCUT2D eigenvalue weighted by Crippen LogP contribution is 2.59. The molecule has 0 heterocycles. The van der Waals surface area contributed by atoms with Gasteiger partial charge in [-0.25, -0.2) is 0 Å². The molecule has 0 N–H and O–H groups in total. The van der Waals surface area contributed by atoms with Gasteiger partial charge >= 0.3 is 0 Å². The van der Waals surface area contributed by atoms with Crippen molar-refractivity contribution in [1.29, 1.82) is 0 Å². The molecule has 0 amide bonds. The highest BCUT2D eigenvalue weighted by atomic mass is 29.2. The Hall–Kier alpha value is 0.434. The van der Waals surface area contributed by atoms with Crippen LogP contribution < -0.4 is 0 Å². The van der Waals surface area contributed by atoms with Gasteiger partial charge in [0.25, 0.3) is 0 Å². The molecule has 4 rings (SSSR count). The summed E-state index contributed by atoms with van der Waals surface area (Å²) in [5, 5.41) is 0. The predicted molar refractivity (Wildman–Crippen MR) is 121 cm³/mol. The first kappa shape index (κ1) is 19.7. The Labute approximate surface area is 167 Å². The maximum absolute atomic E-state index is 2.88. The van der Waals surface area contributed by atoms with Crippen molar-refractivity contribution >= 4 is 16.6 Å². The van der Waals surface area contributed by atoms with Crippen LogP contribution in [0.15, 0.2) is 0 Å². The fourth-order valence-corrected chi connectivity index (χ4v) is 21.9. The number of hydrogen-bond acceptors (Lipinski definition) is 0. The van der Waals surface area contributed by atoms with E-state index in [9.17, 15) is 0 Å². The Balaban J connectivity index is 1.38. The van der Waals surface area contributed by atoms with E-state index in [0.717, 1.165) is 29.6 Å². The Morgan fingerprint density at radius 3 is 2.35 bits per heavy atom. The Bertz CT molecular complexity index is 463. The van der Waals surface area contributed by atoms with Crippen molar-refractivity contribution in [3.63, 3.8) is 0 Å². The zero-order chi connectivity index (χ0) is 18.3. The third-order valence-corrected chi connectivity index (χ3v) is 24.2. The van der Waals surface area contributed by atoms with Crippen LogP contribution in [0.1, 0.15) is 90.9 Å². The average molecular weight is 391 g/mol. The highest BCUT2D eigenvalue weighted by Gasteiger charge is 2.51. The first-order chi connectivity index (χ1) is 12.6. The molecule has 26 heavy (non-hydrogen) atoms. The van der Waals surface area contributed by atoms with Gasteiger partial charge in [0.15, 0.2) is 0 Å². The molecule has 0 aliphatic heterocycles. The van der Waals surface area contributed by atoms with E-state index in [1.807, 2.05) is 0 Å². The van der Waals surface area contributed by atoms with E-state index in [0.29, 0.717) is 0 Å². The minimum absolute atomic E-state index is 0.470. The van der Waals surface area contributed by atoms with Gasteiger partial charge in [0.2, 0.25) is 0 Å². The number of hydrogen-bond donors (Lipinski definition) is 0. The second-order valence-electron chi connectivity index (χ2n) is 11.4. The smallest absolute Gasteiger partial charge is 0.0288 e. The van der Waals surface area contributed by atoms with Crippen LogP contribution in [0.4, 0.5) is 0 Å². The number of rotatable bonds is 6. The summed E-state index contributed by atoms with van der Waals surface area (Å²) in [4.78, 5) is 0. The first-order valence-electron chi connectivity index (χ1n) is 12.6. The molecule has 10 unspecified atom stereocenters. The summed E-state index contributed by atoms with van der Waals surface area (Å²) in [6.07, 6.45) is 19.0. The Morgan fingerprint density at radius 1 is 0.808 bits per heavy atom. The molecule has 10 atom stereocenters. The van der Waals surface area contributed by atoms with Crippen LogP contribution in [0, 0.1) is 35.5 Å². The van der Waals surface area contributed by atoms with Gasteiger partial charge in [0, 0.05) is 16.6 Å². The van der Waals surface area contributed by atoms with Crippen molar-refractivity contribution in [2.75, 3.05) is 0 Å². The van der Waals surface area contributed by atoms with E-state index in [1.54, 1.807) is 64.2 Å². The molecule has 0 nitrogen and oxygen atoms in total. The summed E-state index contributed by atoms with van der Waals surface area (Å²) in [5.74, 6) is 6.89. The van der Waals surface area contributed by atoms with Gasteiger partial charge in [-0.05, 0) is 60.3 Å². The second kappa shape index (κ2) is 8.43. The topological polar surface area (TPSA) is 0 Å². The monoisotopic (exact) mass is 390 g/mol. The van der Waals surface area contributed by atoms with Crippen LogP contribution in [0.3, 0.4) is 0 Å². The van der Waals surface area contributed by atoms with E-state index in [1.165, 1.54) is 29.8 Å². The second-order valence-corrected chi connectivity index (χ2v) is 22.9. The molecule has 2 heteroatoms. The summed E-state index contributed by atoms with van der Waals surface area (Å²) in [7, 11) is -0.978. The summed E-state index contributed by atoms with van der Waals surface area (Å²) >= 11 is 0. The van der Waals surface area contributed by atoms with Gasteiger partial charge in [-0.3, -0.25) is 0 Å². The molecule has 0 radical (unpaired) electrons. The standard InChI is InChI=1S/C24H46Si2/c1-5-6-8-18-11-12-22(14-18)25(3)26(4)24-17(2)13-21-15-19-9-7-10-20(19)16-23(21)24/h17-26H,5-16H2,1-4H3. The maximum Gasteiger partial charge on any atom is 0.0288 e. The minimum Gasteiger partial charge on any atom is -0.0739 e. The summed E-state index contributed by atoms with van der Waals surface area (Å²) in [6, 6.07) is 0. The largest absolute Gasteiger partial charge is 0.0739 e. The number of unbranched alkanes of at least 4 members (excludes halogenated alkanes) is 1. The van der Waals surface area contributed by atoms with Gasteiger partial charge in [0.1, 0.15) is 0 Å². The van der Waals surface area contributed by atoms with Gasteiger partial charge in [-0.15, -0.1) is 0 Å². The zero-order valence-corrected chi connectivity index (χ0v) is 20.6. The van der Waals surface area contributed by atoms with E-state index in [-0.39, 0.29) is 0 Å². The van der Waals surface area contributed by atoms with E-state index < -0.39 is 16.6 Å². The minimum atomic E-state index is -0.508. The molecule has 0 spiro atoms. The van der Waals surface area contributed by atoms with Crippen LogP contribution in [0.2, 0.25) is 24.2 Å². The summed E-state index contributed by atoms with van der Waals surface area (Å²) in [6.45, 7) is 10.8. The van der Waals surface area contributed by atoms with Crippen LogP contribution >= 0.6 is 0 Å². The maximum atomic E-state index is 2.88. The fourth-order valence-electron chi connectivity index (χ4n) is 8.67. The van der Waals surface area contributed by atoms with Gasteiger partial charge < -0.3 is 0 Å². The summed E-state index contributed by atoms with van der Waals surface area (Å²) < 4.78 is 0. The SMILES string of the molecule is CCCCC1CCC([SiH](C)[SiH](C)C2C(C)CC3CC4CCCC4CC32)C1. The van der Waals surface area contributed by atoms with Crippen molar-refractivity contribution in [3.8, 4) is 0 Å². The van der Waals surface area contributed by atoms with Crippen LogP contribution in [-0.2, 0) is 0 Å². The molecular weight excluding hydrogens is 344 g/mol. The van der Waals surface area contributed by atoms with E-state index in [2.05, 4.69) is 26.9 Å². The third kappa shape index (κ3) is 3.80. The van der Waals surface area contributed by atoms with Gasteiger partial charge in [-0.2, -0.15) is 0 Å². The van der Waals surface area contributed by atoms with Gasteiger partial charge in [-0.1, -0.05) is 90.3 Å². The lowest BCUT2D eigenvalue weighted by atomic mass is 9.71. The van der Waals surface area contributed by atoms with Gasteiger partial charge in [0.05, 0.1) is 0 Å². The molecule has 4 aliphatic carbocycles. The molecule has 0 aromatic rings. The molecule has 0 aromatic heterocycles. The molecule has 4 fully saturated rings. The third-order valence-electron chi connectivity index (χ3n) is 10.2. The normalized spacial score (nSPS) is 47.5. The van der Waals surface area contributed by atoms with E-state index >= 15 is 0 Å².